The Balaban J connectivity index is 1.68. The minimum atomic E-state index is 0.441. The van der Waals surface area contributed by atoms with Crippen molar-refractivity contribution in [2.24, 2.45) is 11.1 Å². The molecule has 1 aliphatic heterocycles. The van der Waals surface area contributed by atoms with E-state index >= 15 is 0 Å². The highest BCUT2D eigenvalue weighted by Crippen LogP contribution is 2.46. The number of thioether (sulfide) groups is 1. The molecule has 2 N–H and O–H groups in total. The Bertz CT molecular complexity index is 396. The zero-order chi connectivity index (χ0) is 13.1. The van der Waals surface area contributed by atoms with Crippen molar-refractivity contribution in [1.82, 2.24) is 0 Å². The average Bonchev–Trinajstić information content (AvgIpc) is 2.69. The first-order valence-corrected chi connectivity index (χ1v) is 8.64. The van der Waals surface area contributed by atoms with E-state index in [1.54, 1.807) is 5.56 Å². The lowest BCUT2D eigenvalue weighted by molar-refractivity contribution is 0.231. The van der Waals surface area contributed by atoms with E-state index in [4.69, 9.17) is 5.73 Å². The maximum Gasteiger partial charge on any atom is 0.0141 e. The van der Waals surface area contributed by atoms with Gasteiger partial charge in [-0.15, -0.1) is 11.8 Å². The smallest absolute Gasteiger partial charge is 0.0141 e. The van der Waals surface area contributed by atoms with Crippen molar-refractivity contribution in [2.45, 2.75) is 61.5 Å². The Hall–Kier alpha value is -0.470. The molecule has 2 aliphatic rings. The molecule has 0 aromatic heterocycles. The van der Waals surface area contributed by atoms with Crippen LogP contribution in [0.15, 0.2) is 29.2 Å². The first kappa shape index (κ1) is 13.5. The first-order valence-electron chi connectivity index (χ1n) is 7.76. The van der Waals surface area contributed by atoms with Gasteiger partial charge in [0.25, 0.3) is 0 Å². The SMILES string of the molecule is NCC1(CC2Cc3ccccc3S2)CCCCCC1. The van der Waals surface area contributed by atoms with E-state index in [0.717, 1.165) is 11.8 Å². The van der Waals surface area contributed by atoms with Crippen molar-refractivity contribution in [3.05, 3.63) is 29.8 Å². The first-order chi connectivity index (χ1) is 9.31. The second kappa shape index (κ2) is 5.88. The largest absolute Gasteiger partial charge is 0.330 e. The fourth-order valence-corrected chi connectivity index (χ4v) is 5.34. The van der Waals surface area contributed by atoms with E-state index in [9.17, 15) is 0 Å². The average molecular weight is 275 g/mol. The quantitative estimate of drug-likeness (QED) is 0.828. The molecule has 0 saturated heterocycles. The van der Waals surface area contributed by atoms with Gasteiger partial charge in [0, 0.05) is 10.1 Å². The summed E-state index contributed by atoms with van der Waals surface area (Å²) < 4.78 is 0. The molecule has 1 fully saturated rings. The van der Waals surface area contributed by atoms with E-state index in [2.05, 4.69) is 36.0 Å². The molecule has 19 heavy (non-hydrogen) atoms. The van der Waals surface area contributed by atoms with Crippen LogP contribution < -0.4 is 5.73 Å². The zero-order valence-corrected chi connectivity index (χ0v) is 12.6. The maximum atomic E-state index is 6.18. The molecule has 1 nitrogen and oxygen atoms in total. The van der Waals surface area contributed by atoms with Crippen LogP contribution in [-0.4, -0.2) is 11.8 Å². The fourth-order valence-electron chi connectivity index (χ4n) is 3.82. The van der Waals surface area contributed by atoms with E-state index in [1.807, 2.05) is 0 Å². The summed E-state index contributed by atoms with van der Waals surface area (Å²) in [5.41, 5.74) is 8.18. The second-order valence-corrected chi connectivity index (χ2v) is 7.72. The van der Waals surface area contributed by atoms with Gasteiger partial charge in [-0.05, 0) is 49.3 Å². The lowest BCUT2D eigenvalue weighted by atomic mass is 9.76. The lowest BCUT2D eigenvalue weighted by Crippen LogP contribution is -2.33. The summed E-state index contributed by atoms with van der Waals surface area (Å²) >= 11 is 2.09. The highest BCUT2D eigenvalue weighted by atomic mass is 32.2. The molecule has 104 valence electrons. The highest BCUT2D eigenvalue weighted by Gasteiger charge is 2.34. The third-order valence-electron chi connectivity index (χ3n) is 4.97. The van der Waals surface area contributed by atoms with Gasteiger partial charge in [0.2, 0.25) is 0 Å². The number of nitrogens with two attached hydrogens (primary N) is 1. The van der Waals surface area contributed by atoms with Gasteiger partial charge >= 0.3 is 0 Å². The van der Waals surface area contributed by atoms with Crippen LogP contribution in [0.2, 0.25) is 0 Å². The lowest BCUT2D eigenvalue weighted by Gasteiger charge is -2.33. The van der Waals surface area contributed by atoms with E-state index in [1.165, 1.54) is 56.3 Å². The molecule has 2 heteroatoms. The number of benzene rings is 1. The van der Waals surface area contributed by atoms with Crippen molar-refractivity contribution < 1.29 is 0 Å². The number of hydrogen-bond acceptors (Lipinski definition) is 2. The summed E-state index contributed by atoms with van der Waals surface area (Å²) in [7, 11) is 0. The number of fused-ring (bicyclic) bond motifs is 1. The zero-order valence-electron chi connectivity index (χ0n) is 11.7. The van der Waals surface area contributed by atoms with Crippen LogP contribution in [0.1, 0.15) is 50.5 Å². The predicted octanol–water partition coefficient (Wildman–Crippen LogP) is 4.39. The summed E-state index contributed by atoms with van der Waals surface area (Å²) in [5.74, 6) is 0. The van der Waals surface area contributed by atoms with Crippen LogP contribution in [0.3, 0.4) is 0 Å². The molecule has 0 spiro atoms. The molecule has 1 heterocycles. The molecule has 1 atom stereocenters. The second-order valence-electron chi connectivity index (χ2n) is 6.37. The Morgan fingerprint density at radius 1 is 1.11 bits per heavy atom. The van der Waals surface area contributed by atoms with Gasteiger partial charge in [-0.25, -0.2) is 0 Å². The van der Waals surface area contributed by atoms with Crippen LogP contribution in [0, 0.1) is 5.41 Å². The molecule has 1 aromatic rings. The Labute approximate surface area is 121 Å². The molecular formula is C17H25NS. The van der Waals surface area contributed by atoms with E-state index < -0.39 is 0 Å². The van der Waals surface area contributed by atoms with Crippen molar-refractivity contribution in [2.75, 3.05) is 6.54 Å². The molecule has 1 aliphatic carbocycles. The summed E-state index contributed by atoms with van der Waals surface area (Å²) in [6.07, 6.45) is 10.9. The summed E-state index contributed by atoms with van der Waals surface area (Å²) in [4.78, 5) is 1.51. The molecular weight excluding hydrogens is 250 g/mol. The van der Waals surface area contributed by atoms with Gasteiger partial charge in [0.1, 0.15) is 0 Å². The summed E-state index contributed by atoms with van der Waals surface area (Å²) in [6, 6.07) is 8.91. The van der Waals surface area contributed by atoms with Crippen molar-refractivity contribution in [3.8, 4) is 0 Å². The van der Waals surface area contributed by atoms with E-state index in [0.29, 0.717) is 5.41 Å². The summed E-state index contributed by atoms with van der Waals surface area (Å²) in [6.45, 7) is 0.889. The third kappa shape index (κ3) is 3.00. The normalized spacial score (nSPS) is 25.8. The van der Waals surface area contributed by atoms with Gasteiger partial charge in [0.15, 0.2) is 0 Å². The van der Waals surface area contributed by atoms with Crippen molar-refractivity contribution >= 4 is 11.8 Å². The molecule has 1 aromatic carbocycles. The molecule has 0 bridgehead atoms. The monoisotopic (exact) mass is 275 g/mol. The van der Waals surface area contributed by atoms with Crippen molar-refractivity contribution in [3.63, 3.8) is 0 Å². The van der Waals surface area contributed by atoms with Crippen molar-refractivity contribution in [1.29, 1.82) is 0 Å². The van der Waals surface area contributed by atoms with Crippen LogP contribution in [0.4, 0.5) is 0 Å². The van der Waals surface area contributed by atoms with E-state index in [-0.39, 0.29) is 0 Å². The van der Waals surface area contributed by atoms with Gasteiger partial charge in [-0.2, -0.15) is 0 Å². The molecule has 1 unspecified atom stereocenters. The Morgan fingerprint density at radius 3 is 2.53 bits per heavy atom. The summed E-state index contributed by atoms with van der Waals surface area (Å²) in [5, 5.41) is 0.763. The van der Waals surface area contributed by atoms with Gasteiger partial charge in [-0.1, -0.05) is 43.9 Å². The minimum Gasteiger partial charge on any atom is -0.330 e. The molecule has 0 amide bonds. The molecule has 0 radical (unpaired) electrons. The van der Waals surface area contributed by atoms with Gasteiger partial charge < -0.3 is 5.73 Å². The van der Waals surface area contributed by atoms with Crippen LogP contribution in [-0.2, 0) is 6.42 Å². The van der Waals surface area contributed by atoms with Crippen LogP contribution in [0.5, 0.6) is 0 Å². The predicted molar refractivity (Wildman–Crippen MR) is 83.6 cm³/mol. The van der Waals surface area contributed by atoms with Crippen LogP contribution >= 0.6 is 11.8 Å². The third-order valence-corrected chi connectivity index (χ3v) is 6.29. The Morgan fingerprint density at radius 2 is 1.84 bits per heavy atom. The van der Waals surface area contributed by atoms with Crippen LogP contribution in [0.25, 0.3) is 0 Å². The number of hydrogen-bond donors (Lipinski definition) is 1. The van der Waals surface area contributed by atoms with Gasteiger partial charge in [0.05, 0.1) is 0 Å². The van der Waals surface area contributed by atoms with Gasteiger partial charge in [-0.3, -0.25) is 0 Å². The minimum absolute atomic E-state index is 0.441. The Kier molecular flexibility index (Phi) is 4.18. The highest BCUT2D eigenvalue weighted by molar-refractivity contribution is 8.00. The topological polar surface area (TPSA) is 26.0 Å². The molecule has 3 rings (SSSR count). The number of rotatable bonds is 3. The molecule has 1 saturated carbocycles. The fraction of sp³-hybridized carbons (Fsp3) is 0.647. The maximum absolute atomic E-state index is 6.18. The standard InChI is InChI=1S/C17H25NS/c18-13-17(9-5-1-2-6-10-17)12-15-11-14-7-3-4-8-16(14)19-15/h3-4,7-8,15H,1-2,5-6,9-13,18H2.